The van der Waals surface area contributed by atoms with Crippen LogP contribution in [-0.4, -0.2) is 13.0 Å². The molecule has 1 amide bonds. The summed E-state index contributed by atoms with van der Waals surface area (Å²) >= 11 is 6.02. The first kappa shape index (κ1) is 14.7. The molecule has 21 heavy (non-hydrogen) atoms. The largest absolute Gasteiger partial charge is 0.495 e. The van der Waals surface area contributed by atoms with E-state index < -0.39 is 5.91 Å². The first-order chi connectivity index (χ1) is 10.1. The number of hydrogen-bond acceptors (Lipinski definition) is 4. The van der Waals surface area contributed by atoms with Crippen molar-refractivity contribution >= 4 is 28.9 Å². The van der Waals surface area contributed by atoms with Crippen molar-refractivity contribution in [2.45, 2.75) is 0 Å². The number of methoxy groups -OCH3 is 1. The number of halogens is 1. The number of nitrogen functional groups attached to an aromatic ring is 1. The Bertz CT molecular complexity index is 738. The summed E-state index contributed by atoms with van der Waals surface area (Å²) in [5, 5.41) is 11.9. The zero-order chi connectivity index (χ0) is 15.4. The molecule has 6 heteroatoms. The number of benzene rings is 2. The van der Waals surface area contributed by atoms with Gasteiger partial charge in [0.15, 0.2) is 0 Å². The van der Waals surface area contributed by atoms with Crippen LogP contribution in [0.3, 0.4) is 0 Å². The maximum atomic E-state index is 12.3. The SMILES string of the molecule is COc1cccc(C#N)c1NC(=O)c1cccc(N)c1Cl. The third-order valence-electron chi connectivity index (χ3n) is 2.88. The Morgan fingerprint density at radius 3 is 2.71 bits per heavy atom. The third-order valence-corrected chi connectivity index (χ3v) is 3.30. The molecule has 0 bridgehead atoms. The molecular weight excluding hydrogens is 290 g/mol. The van der Waals surface area contributed by atoms with Crippen molar-refractivity contribution < 1.29 is 9.53 Å². The van der Waals surface area contributed by atoms with Gasteiger partial charge in [-0.2, -0.15) is 5.26 Å². The van der Waals surface area contributed by atoms with Crippen LogP contribution in [0.25, 0.3) is 0 Å². The van der Waals surface area contributed by atoms with Gasteiger partial charge in [0.25, 0.3) is 5.91 Å². The van der Waals surface area contributed by atoms with E-state index in [1.54, 1.807) is 36.4 Å². The summed E-state index contributed by atoms with van der Waals surface area (Å²) in [4.78, 5) is 12.3. The van der Waals surface area contributed by atoms with E-state index in [9.17, 15) is 4.79 Å². The van der Waals surface area contributed by atoms with Gasteiger partial charge in [-0.1, -0.05) is 23.7 Å². The van der Waals surface area contributed by atoms with Crippen LogP contribution in [0, 0.1) is 11.3 Å². The second-order valence-electron chi connectivity index (χ2n) is 4.16. The van der Waals surface area contributed by atoms with Crippen LogP contribution in [0.1, 0.15) is 15.9 Å². The highest BCUT2D eigenvalue weighted by molar-refractivity contribution is 6.36. The first-order valence-corrected chi connectivity index (χ1v) is 6.38. The number of para-hydroxylation sites is 1. The molecule has 0 unspecified atom stereocenters. The van der Waals surface area contributed by atoms with Crippen LogP contribution in [-0.2, 0) is 0 Å². The fourth-order valence-corrected chi connectivity index (χ4v) is 2.04. The molecule has 0 aliphatic heterocycles. The average Bonchev–Trinajstić information content (AvgIpc) is 2.50. The van der Waals surface area contributed by atoms with E-state index in [2.05, 4.69) is 5.32 Å². The van der Waals surface area contributed by atoms with Crippen molar-refractivity contribution in [1.29, 1.82) is 5.26 Å². The summed E-state index contributed by atoms with van der Waals surface area (Å²) in [6.45, 7) is 0. The van der Waals surface area contributed by atoms with E-state index in [0.717, 1.165) is 0 Å². The monoisotopic (exact) mass is 301 g/mol. The Balaban J connectivity index is 2.41. The van der Waals surface area contributed by atoms with Gasteiger partial charge in [0, 0.05) is 0 Å². The molecule has 0 heterocycles. The maximum Gasteiger partial charge on any atom is 0.257 e. The molecule has 0 radical (unpaired) electrons. The van der Waals surface area contributed by atoms with Crippen molar-refractivity contribution in [1.82, 2.24) is 0 Å². The van der Waals surface area contributed by atoms with Crippen LogP contribution >= 0.6 is 11.6 Å². The third kappa shape index (κ3) is 2.91. The lowest BCUT2D eigenvalue weighted by molar-refractivity contribution is 0.102. The number of nitriles is 1. The minimum absolute atomic E-state index is 0.170. The Hall–Kier alpha value is -2.71. The highest BCUT2D eigenvalue weighted by Crippen LogP contribution is 2.30. The maximum absolute atomic E-state index is 12.3. The van der Waals surface area contributed by atoms with Crippen molar-refractivity contribution in [2.75, 3.05) is 18.2 Å². The molecule has 0 aliphatic rings. The number of carbonyl (C=O) groups is 1. The Morgan fingerprint density at radius 1 is 1.33 bits per heavy atom. The second-order valence-corrected chi connectivity index (χ2v) is 4.54. The Kier molecular flexibility index (Phi) is 4.31. The summed E-state index contributed by atoms with van der Waals surface area (Å²) in [6, 6.07) is 11.7. The highest BCUT2D eigenvalue weighted by atomic mass is 35.5. The predicted octanol–water partition coefficient (Wildman–Crippen LogP) is 3.05. The van der Waals surface area contributed by atoms with Crippen LogP contribution in [0.5, 0.6) is 5.75 Å². The molecule has 0 fully saturated rings. The molecule has 0 aliphatic carbocycles. The van der Waals surface area contributed by atoms with Crippen LogP contribution in [0.4, 0.5) is 11.4 Å². The van der Waals surface area contributed by atoms with Crippen LogP contribution in [0.15, 0.2) is 36.4 Å². The molecule has 2 aromatic carbocycles. The van der Waals surface area contributed by atoms with E-state index in [1.807, 2.05) is 6.07 Å². The van der Waals surface area contributed by atoms with Crippen molar-refractivity contribution in [3.8, 4) is 11.8 Å². The molecule has 106 valence electrons. The Morgan fingerprint density at radius 2 is 2.05 bits per heavy atom. The summed E-state index contributed by atoms with van der Waals surface area (Å²) < 4.78 is 5.16. The summed E-state index contributed by atoms with van der Waals surface area (Å²) in [5.74, 6) is -0.0734. The van der Waals surface area contributed by atoms with Crippen molar-refractivity contribution in [2.24, 2.45) is 0 Å². The molecular formula is C15H12ClN3O2. The summed E-state index contributed by atoms with van der Waals surface area (Å²) in [7, 11) is 1.46. The van der Waals surface area contributed by atoms with Crippen LogP contribution in [0.2, 0.25) is 5.02 Å². The number of amides is 1. The summed E-state index contributed by atoms with van der Waals surface area (Å²) in [6.07, 6.45) is 0. The average molecular weight is 302 g/mol. The number of anilines is 2. The molecule has 0 spiro atoms. The predicted molar refractivity (Wildman–Crippen MR) is 81.5 cm³/mol. The summed E-state index contributed by atoms with van der Waals surface area (Å²) in [5.41, 5.74) is 6.80. The minimum atomic E-state index is -0.465. The topological polar surface area (TPSA) is 88.1 Å². The fourth-order valence-electron chi connectivity index (χ4n) is 1.83. The number of rotatable bonds is 3. The lowest BCUT2D eigenvalue weighted by Crippen LogP contribution is -2.14. The van der Waals surface area contributed by atoms with E-state index in [-0.39, 0.29) is 10.6 Å². The molecule has 0 atom stereocenters. The molecule has 2 aromatic rings. The van der Waals surface area contributed by atoms with Crippen LogP contribution < -0.4 is 15.8 Å². The van der Waals surface area contributed by atoms with Gasteiger partial charge in [-0.3, -0.25) is 4.79 Å². The number of nitrogens with zero attached hydrogens (tertiary/aromatic N) is 1. The fraction of sp³-hybridized carbons (Fsp3) is 0.0667. The van der Waals surface area contributed by atoms with E-state index in [0.29, 0.717) is 22.7 Å². The van der Waals surface area contributed by atoms with Gasteiger partial charge in [-0.25, -0.2) is 0 Å². The van der Waals surface area contributed by atoms with Gasteiger partial charge >= 0.3 is 0 Å². The van der Waals surface area contributed by atoms with Gasteiger partial charge in [0.2, 0.25) is 0 Å². The quantitative estimate of drug-likeness (QED) is 0.853. The second kappa shape index (κ2) is 6.16. The molecule has 0 saturated carbocycles. The number of hydrogen-bond donors (Lipinski definition) is 2. The zero-order valence-corrected chi connectivity index (χ0v) is 11.9. The minimum Gasteiger partial charge on any atom is -0.495 e. The van der Waals surface area contributed by atoms with Gasteiger partial charge in [-0.15, -0.1) is 0 Å². The molecule has 5 nitrogen and oxygen atoms in total. The molecule has 3 N–H and O–H groups in total. The van der Waals surface area contributed by atoms with Gasteiger partial charge in [-0.05, 0) is 24.3 Å². The van der Waals surface area contributed by atoms with Gasteiger partial charge < -0.3 is 15.8 Å². The van der Waals surface area contributed by atoms with E-state index in [1.165, 1.54) is 7.11 Å². The number of ether oxygens (including phenoxy) is 1. The number of carbonyl (C=O) groups excluding carboxylic acids is 1. The Labute approximate surface area is 126 Å². The smallest absolute Gasteiger partial charge is 0.257 e. The van der Waals surface area contributed by atoms with Gasteiger partial charge in [0.05, 0.1) is 28.9 Å². The zero-order valence-electron chi connectivity index (χ0n) is 11.2. The highest BCUT2D eigenvalue weighted by Gasteiger charge is 2.16. The number of nitrogens with two attached hydrogens (primary N) is 1. The standard InChI is InChI=1S/C15H12ClN3O2/c1-21-12-7-2-4-9(8-17)14(12)19-15(20)10-5-3-6-11(18)13(10)16/h2-7H,18H2,1H3,(H,19,20). The van der Waals surface area contributed by atoms with Crippen molar-refractivity contribution in [3.05, 3.63) is 52.5 Å². The normalized spacial score (nSPS) is 9.76. The van der Waals surface area contributed by atoms with Crippen molar-refractivity contribution in [3.63, 3.8) is 0 Å². The molecule has 0 aromatic heterocycles. The van der Waals surface area contributed by atoms with E-state index >= 15 is 0 Å². The first-order valence-electron chi connectivity index (χ1n) is 6.01. The lowest BCUT2D eigenvalue weighted by atomic mass is 10.1. The van der Waals surface area contributed by atoms with E-state index in [4.69, 9.17) is 27.3 Å². The lowest BCUT2D eigenvalue weighted by Gasteiger charge is -2.12. The number of nitrogens with one attached hydrogen (secondary N) is 1. The molecule has 2 rings (SSSR count). The molecule has 0 saturated heterocycles. The van der Waals surface area contributed by atoms with Gasteiger partial charge in [0.1, 0.15) is 17.5 Å².